The summed E-state index contributed by atoms with van der Waals surface area (Å²) in [5, 5.41) is 0. The van der Waals surface area contributed by atoms with E-state index in [1.807, 2.05) is 0 Å². The van der Waals surface area contributed by atoms with Crippen molar-refractivity contribution in [3.63, 3.8) is 0 Å². The summed E-state index contributed by atoms with van der Waals surface area (Å²) >= 11 is 0. The second-order valence-corrected chi connectivity index (χ2v) is 8.10. The van der Waals surface area contributed by atoms with Crippen molar-refractivity contribution in [2.45, 2.75) is 0 Å². The van der Waals surface area contributed by atoms with Gasteiger partial charge in [-0.3, -0.25) is 0 Å². The maximum Gasteiger partial charge on any atom is 0.457 e. The van der Waals surface area contributed by atoms with E-state index in [9.17, 15) is 0 Å². The van der Waals surface area contributed by atoms with E-state index < -0.39 is 8.32 Å². The fraction of sp³-hybridized carbons (Fsp3) is 1.00. The van der Waals surface area contributed by atoms with Crippen molar-refractivity contribution in [2.24, 2.45) is 17.2 Å². The van der Waals surface area contributed by atoms with Crippen LogP contribution in [0.5, 0.6) is 0 Å². The van der Waals surface area contributed by atoms with Gasteiger partial charge in [0.05, 0.1) is 0 Å². The fourth-order valence-electron chi connectivity index (χ4n) is 0.250. The molecule has 0 fully saturated rings. The number of hydrogen-bond acceptors (Lipinski definition) is 6. The molecule has 0 aliphatic carbocycles. The molecule has 0 spiro atoms. The van der Waals surface area contributed by atoms with Crippen molar-refractivity contribution < 1.29 is 13.3 Å². The Morgan fingerprint density at radius 3 is 0.857 bits per heavy atom. The molecule has 8 heteroatoms. The van der Waals surface area contributed by atoms with Crippen molar-refractivity contribution in [3.8, 4) is 0 Å². The van der Waals surface area contributed by atoms with E-state index in [0.29, 0.717) is 0 Å². The highest BCUT2D eigenvalue weighted by molar-refractivity contribution is 7.05. The number of nitrogens with two attached hydrogens (primary N) is 3. The van der Waals surface area contributed by atoms with E-state index in [1.165, 1.54) is 21.1 Å². The second-order valence-electron chi connectivity index (χ2n) is 1.47. The largest absolute Gasteiger partial charge is 0.457 e. The number of hydrogen-bond donors (Lipinski definition) is 3. The minimum Gasteiger partial charge on any atom is -0.380 e. The summed E-state index contributed by atoms with van der Waals surface area (Å²) in [6.45, 7) is 0. The Labute approximate surface area is 91.7 Å². The third kappa shape index (κ3) is 18.1. The minimum atomic E-state index is -2.03. The van der Waals surface area contributed by atoms with Gasteiger partial charge >= 0.3 is 8.32 Å². The Morgan fingerprint density at radius 2 is 0.857 bits per heavy atom. The summed E-state index contributed by atoms with van der Waals surface area (Å²) in [6, 6.07) is 0. The van der Waals surface area contributed by atoms with Gasteiger partial charge in [-0.05, 0) is 21.1 Å². The van der Waals surface area contributed by atoms with Gasteiger partial charge in [0, 0.05) is 21.3 Å². The standard InChI is InChI=1S/C3H12O3Si2.3CH5N/c1-4-8(7,5-2)6-3;3*1-2/h1-3,7H3;3*2H2,1H3. The lowest BCUT2D eigenvalue weighted by molar-refractivity contribution is 0.149. The molecule has 0 radical (unpaired) electrons. The maximum absolute atomic E-state index is 4.99. The highest BCUT2D eigenvalue weighted by atomic mass is 29.2. The molecule has 0 bridgehead atoms. The second kappa shape index (κ2) is 23.2. The lowest BCUT2D eigenvalue weighted by Gasteiger charge is -2.19. The van der Waals surface area contributed by atoms with Gasteiger partial charge in [0.15, 0.2) is 0 Å². The summed E-state index contributed by atoms with van der Waals surface area (Å²) in [5.74, 6) is 0. The molecule has 0 saturated carbocycles. The maximum atomic E-state index is 4.99. The third-order valence-electron chi connectivity index (χ3n) is 1.11. The molecular formula is C6H27N3O3Si2. The van der Waals surface area contributed by atoms with Crippen LogP contribution in [0.2, 0.25) is 0 Å². The highest BCUT2D eigenvalue weighted by Gasteiger charge is 2.28. The van der Waals surface area contributed by atoms with Crippen LogP contribution in [0.25, 0.3) is 0 Å². The molecule has 92 valence electrons. The molecule has 0 rings (SSSR count). The van der Waals surface area contributed by atoms with Gasteiger partial charge in [-0.1, -0.05) is 0 Å². The Hall–Kier alpha value is 0.194. The van der Waals surface area contributed by atoms with Crippen LogP contribution in [0.1, 0.15) is 0 Å². The lowest BCUT2D eigenvalue weighted by atomic mass is 11.6. The molecule has 0 aromatic heterocycles. The van der Waals surface area contributed by atoms with Gasteiger partial charge < -0.3 is 30.5 Å². The molecule has 0 aliphatic rings. The number of rotatable bonds is 3. The smallest absolute Gasteiger partial charge is 0.380 e. The minimum absolute atomic E-state index is 0.843. The molecule has 0 aromatic carbocycles. The Morgan fingerprint density at radius 1 is 0.714 bits per heavy atom. The average Bonchev–Trinajstić information content (AvgIpc) is 2.35. The van der Waals surface area contributed by atoms with Crippen LogP contribution in [0.3, 0.4) is 0 Å². The van der Waals surface area contributed by atoms with Crippen molar-refractivity contribution in [1.82, 2.24) is 0 Å². The molecule has 0 atom stereocenters. The summed E-state index contributed by atoms with van der Waals surface area (Å²) in [7, 11) is 8.16. The monoisotopic (exact) mass is 245 g/mol. The van der Waals surface area contributed by atoms with E-state index >= 15 is 0 Å². The average molecular weight is 245 g/mol. The first-order chi connectivity index (χ1) is 6.68. The van der Waals surface area contributed by atoms with Crippen LogP contribution in [-0.4, -0.2) is 60.6 Å². The van der Waals surface area contributed by atoms with E-state index in [0.717, 1.165) is 9.76 Å². The first-order valence-electron chi connectivity index (χ1n) is 4.07. The van der Waals surface area contributed by atoms with Gasteiger partial charge in [-0.2, -0.15) is 0 Å². The molecule has 6 nitrogen and oxygen atoms in total. The Bertz CT molecular complexity index is 69.1. The van der Waals surface area contributed by atoms with Crippen molar-refractivity contribution in [2.75, 3.05) is 42.5 Å². The topological polar surface area (TPSA) is 106 Å². The fourth-order valence-corrected chi connectivity index (χ4v) is 0.750. The van der Waals surface area contributed by atoms with E-state index in [2.05, 4.69) is 17.2 Å². The highest BCUT2D eigenvalue weighted by Crippen LogP contribution is 1.96. The first kappa shape index (κ1) is 23.8. The zero-order valence-electron chi connectivity index (χ0n) is 10.5. The van der Waals surface area contributed by atoms with Crippen LogP contribution in [-0.2, 0) is 13.3 Å². The zero-order valence-corrected chi connectivity index (χ0v) is 13.5. The van der Waals surface area contributed by atoms with Gasteiger partial charge in [0.2, 0.25) is 0 Å². The molecular weight excluding hydrogens is 218 g/mol. The molecule has 0 aromatic rings. The summed E-state index contributed by atoms with van der Waals surface area (Å²) in [6.07, 6.45) is 0. The Kier molecular flexibility index (Phi) is 39.4. The molecule has 0 heterocycles. The van der Waals surface area contributed by atoms with Crippen LogP contribution in [0.15, 0.2) is 0 Å². The molecule has 0 unspecified atom stereocenters. The van der Waals surface area contributed by atoms with Crippen LogP contribution < -0.4 is 17.2 Å². The quantitative estimate of drug-likeness (QED) is 0.473. The summed E-state index contributed by atoms with van der Waals surface area (Å²) < 4.78 is 15.0. The third-order valence-corrected chi connectivity index (χ3v) is 7.01. The molecule has 0 aliphatic heterocycles. The van der Waals surface area contributed by atoms with E-state index in [4.69, 9.17) is 13.3 Å². The summed E-state index contributed by atoms with van der Waals surface area (Å²) in [4.78, 5) is 0. The van der Waals surface area contributed by atoms with Crippen LogP contribution in [0.4, 0.5) is 0 Å². The van der Waals surface area contributed by atoms with E-state index in [-0.39, 0.29) is 0 Å². The Balaban J connectivity index is -0.0000000708. The normalized spacial score (nSPS) is 8.36. The van der Waals surface area contributed by atoms with Crippen molar-refractivity contribution in [1.29, 1.82) is 0 Å². The lowest BCUT2D eigenvalue weighted by Crippen LogP contribution is -2.43. The molecule has 0 amide bonds. The van der Waals surface area contributed by atoms with Gasteiger partial charge in [-0.15, -0.1) is 0 Å². The molecule has 14 heavy (non-hydrogen) atoms. The predicted octanol–water partition coefficient (Wildman–Crippen LogP) is -2.55. The van der Waals surface area contributed by atoms with E-state index in [1.54, 1.807) is 21.3 Å². The predicted molar refractivity (Wildman–Crippen MR) is 67.1 cm³/mol. The zero-order chi connectivity index (χ0) is 12.6. The van der Waals surface area contributed by atoms with Crippen LogP contribution in [0, 0.1) is 0 Å². The summed E-state index contributed by atoms with van der Waals surface area (Å²) in [5.41, 5.74) is 13.5. The molecule has 6 N–H and O–H groups in total. The SMILES string of the molecule is CN.CN.CN.CO[Si]([SiH3])(OC)OC. The van der Waals surface area contributed by atoms with Crippen molar-refractivity contribution in [3.05, 3.63) is 0 Å². The van der Waals surface area contributed by atoms with Gasteiger partial charge in [-0.25, -0.2) is 0 Å². The van der Waals surface area contributed by atoms with Gasteiger partial charge in [0.25, 0.3) is 0 Å². The van der Waals surface area contributed by atoms with Crippen LogP contribution >= 0.6 is 0 Å². The van der Waals surface area contributed by atoms with Gasteiger partial charge in [0.1, 0.15) is 9.76 Å². The molecule has 0 saturated heterocycles. The van der Waals surface area contributed by atoms with Crippen molar-refractivity contribution >= 4 is 18.1 Å². The first-order valence-corrected chi connectivity index (χ1v) is 9.29.